The molecule has 0 heterocycles. The first kappa shape index (κ1) is 27.3. The third kappa shape index (κ3) is 9.05. The van der Waals surface area contributed by atoms with E-state index in [4.69, 9.17) is 4.74 Å². The minimum absolute atomic E-state index is 0.210. The van der Waals surface area contributed by atoms with E-state index in [1.54, 1.807) is 42.5 Å². The van der Waals surface area contributed by atoms with E-state index in [0.717, 1.165) is 24.3 Å². The lowest BCUT2D eigenvalue weighted by Gasteiger charge is -2.05. The number of unbranched alkanes of at least 4 members (excludes halogenated alkanes) is 3. The van der Waals surface area contributed by atoms with Crippen LogP contribution in [0.1, 0.15) is 58.9 Å². The zero-order valence-corrected chi connectivity index (χ0v) is 21.4. The van der Waals surface area contributed by atoms with Crippen LogP contribution in [0.15, 0.2) is 127 Å². The van der Waals surface area contributed by atoms with Crippen molar-refractivity contribution in [2.24, 2.45) is 0 Å². The van der Waals surface area contributed by atoms with Gasteiger partial charge in [0.15, 0.2) is 11.6 Å². The number of ketones is 2. The van der Waals surface area contributed by atoms with Gasteiger partial charge >= 0.3 is 0 Å². The fourth-order valence-corrected chi connectivity index (χ4v) is 3.71. The topological polar surface area (TPSA) is 43.4 Å². The Kier molecular flexibility index (Phi) is 11.6. The molecule has 3 nitrogen and oxygen atoms in total. The second kappa shape index (κ2) is 15.7. The predicted molar refractivity (Wildman–Crippen MR) is 154 cm³/mol. The highest BCUT2D eigenvalue weighted by Gasteiger charge is 2.31. The lowest BCUT2D eigenvalue weighted by Crippen LogP contribution is -1.99. The van der Waals surface area contributed by atoms with E-state index < -0.39 is 0 Å². The molecule has 3 rings (SSSR count). The molecule has 1 aliphatic carbocycles. The SMILES string of the molecule is CCCCCCOc1ccc(/C=C/C=C/C=C/C=C/C=C/C=C/C=C2C(=O)c3ccccc3C2=O)cc1. The Morgan fingerprint density at radius 2 is 1.16 bits per heavy atom. The summed E-state index contributed by atoms with van der Waals surface area (Å²) in [5.41, 5.74) is 2.31. The molecule has 188 valence electrons. The Bertz CT molecular complexity index is 1210. The maximum Gasteiger partial charge on any atom is 0.197 e. The first-order valence-corrected chi connectivity index (χ1v) is 12.8. The van der Waals surface area contributed by atoms with Crippen LogP contribution in [-0.2, 0) is 0 Å². The summed E-state index contributed by atoms with van der Waals surface area (Å²) in [5.74, 6) is 0.502. The lowest BCUT2D eigenvalue weighted by atomic mass is 10.1. The first-order chi connectivity index (χ1) is 18.2. The summed E-state index contributed by atoms with van der Waals surface area (Å²) >= 11 is 0. The van der Waals surface area contributed by atoms with Crippen LogP contribution < -0.4 is 4.74 Å². The van der Waals surface area contributed by atoms with Crippen LogP contribution in [0.2, 0.25) is 0 Å². The largest absolute Gasteiger partial charge is 0.494 e. The van der Waals surface area contributed by atoms with Gasteiger partial charge in [-0.25, -0.2) is 0 Å². The van der Waals surface area contributed by atoms with Crippen molar-refractivity contribution < 1.29 is 14.3 Å². The summed E-state index contributed by atoms with van der Waals surface area (Å²) in [6, 6.07) is 15.1. The van der Waals surface area contributed by atoms with Crippen molar-refractivity contribution in [3.05, 3.63) is 144 Å². The molecule has 1 aliphatic rings. The highest BCUT2D eigenvalue weighted by Crippen LogP contribution is 2.25. The predicted octanol–water partition coefficient (Wildman–Crippen LogP) is 8.45. The number of carbonyl (C=O) groups is 2. The van der Waals surface area contributed by atoms with Crippen LogP contribution in [0.4, 0.5) is 0 Å². The number of benzene rings is 2. The Hall–Kier alpha value is -4.24. The molecule has 0 aliphatic heterocycles. The molecule has 0 aromatic heterocycles. The lowest BCUT2D eigenvalue weighted by molar-refractivity contribution is 0.0988. The van der Waals surface area contributed by atoms with Crippen molar-refractivity contribution in [2.75, 3.05) is 6.61 Å². The molecule has 0 unspecified atom stereocenters. The van der Waals surface area contributed by atoms with Gasteiger partial charge in [0, 0.05) is 11.1 Å². The maximum atomic E-state index is 12.3. The third-order valence-corrected chi connectivity index (χ3v) is 5.71. The first-order valence-electron chi connectivity index (χ1n) is 12.8. The number of carbonyl (C=O) groups excluding carboxylic acids is 2. The molecule has 0 fully saturated rings. The van der Waals surface area contributed by atoms with Gasteiger partial charge in [-0.2, -0.15) is 0 Å². The molecule has 37 heavy (non-hydrogen) atoms. The molecule has 2 aromatic carbocycles. The summed E-state index contributed by atoms with van der Waals surface area (Å²) < 4.78 is 5.78. The van der Waals surface area contributed by atoms with E-state index >= 15 is 0 Å². The molecule has 0 saturated carbocycles. The summed E-state index contributed by atoms with van der Waals surface area (Å²) in [5, 5.41) is 0. The maximum absolute atomic E-state index is 12.3. The standard InChI is InChI=1S/C34H34O3/c1-2-3-4-18-27-37-29-25-23-28(24-26-29)19-14-12-10-8-6-5-7-9-11-13-15-22-32-33(35)30-20-16-17-21-31(30)34(32)36/h5-17,19-26H,2-4,18,27H2,1H3/b7-5+,8-6+,11-9+,12-10+,15-13+,19-14+. The van der Waals surface area contributed by atoms with Gasteiger partial charge in [0.25, 0.3) is 0 Å². The minimum Gasteiger partial charge on any atom is -0.494 e. The zero-order valence-electron chi connectivity index (χ0n) is 21.4. The van der Waals surface area contributed by atoms with Crippen LogP contribution in [-0.4, -0.2) is 18.2 Å². The van der Waals surface area contributed by atoms with Gasteiger partial charge in [-0.1, -0.05) is 135 Å². The van der Waals surface area contributed by atoms with Crippen LogP contribution in [0.3, 0.4) is 0 Å². The highest BCUT2D eigenvalue weighted by atomic mass is 16.5. The van der Waals surface area contributed by atoms with Crippen molar-refractivity contribution in [2.45, 2.75) is 32.6 Å². The normalized spacial score (nSPS) is 14.0. The van der Waals surface area contributed by atoms with Gasteiger partial charge in [0.2, 0.25) is 0 Å². The number of ether oxygens (including phenoxy) is 1. The molecule has 0 spiro atoms. The molecule has 0 N–H and O–H groups in total. The Morgan fingerprint density at radius 3 is 1.73 bits per heavy atom. The smallest absolute Gasteiger partial charge is 0.197 e. The number of rotatable bonds is 13. The van der Waals surface area contributed by atoms with Gasteiger partial charge in [0.1, 0.15) is 5.75 Å². The average molecular weight is 491 g/mol. The number of fused-ring (bicyclic) bond motifs is 1. The number of Topliss-reactive ketones (excluding diaryl/α,β-unsaturated/α-hetero) is 2. The molecule has 3 heteroatoms. The molecule has 0 bridgehead atoms. The number of hydrogen-bond acceptors (Lipinski definition) is 3. The molecular weight excluding hydrogens is 456 g/mol. The summed E-state index contributed by atoms with van der Waals surface area (Å²) in [6.45, 7) is 2.99. The fourth-order valence-electron chi connectivity index (χ4n) is 3.71. The van der Waals surface area contributed by atoms with Crippen LogP contribution in [0, 0.1) is 0 Å². The van der Waals surface area contributed by atoms with E-state index in [9.17, 15) is 9.59 Å². The average Bonchev–Trinajstić information content (AvgIpc) is 3.16. The summed E-state index contributed by atoms with van der Waals surface area (Å²) in [6.07, 6.45) is 29.4. The molecule has 2 aromatic rings. The zero-order chi connectivity index (χ0) is 26.1. The van der Waals surface area contributed by atoms with Crippen molar-refractivity contribution in [1.29, 1.82) is 0 Å². The minimum atomic E-state index is -0.210. The fraction of sp³-hybridized carbons (Fsp3) is 0.176. The van der Waals surface area contributed by atoms with E-state index in [0.29, 0.717) is 11.1 Å². The van der Waals surface area contributed by atoms with Crippen molar-refractivity contribution in [1.82, 2.24) is 0 Å². The van der Waals surface area contributed by atoms with E-state index in [2.05, 4.69) is 25.1 Å². The van der Waals surface area contributed by atoms with Gasteiger partial charge in [0.05, 0.1) is 12.2 Å². The van der Waals surface area contributed by atoms with E-state index in [1.165, 1.54) is 19.3 Å². The van der Waals surface area contributed by atoms with Crippen molar-refractivity contribution >= 4 is 17.6 Å². The molecular formula is C34H34O3. The molecule has 0 saturated heterocycles. The van der Waals surface area contributed by atoms with Gasteiger partial charge in [-0.15, -0.1) is 0 Å². The number of allylic oxidation sites excluding steroid dienone is 13. The van der Waals surface area contributed by atoms with Gasteiger partial charge in [-0.05, 0) is 30.2 Å². The van der Waals surface area contributed by atoms with Gasteiger partial charge in [-0.3, -0.25) is 9.59 Å². The van der Waals surface area contributed by atoms with Crippen LogP contribution in [0.25, 0.3) is 6.08 Å². The van der Waals surface area contributed by atoms with Crippen LogP contribution in [0.5, 0.6) is 5.75 Å². The Balaban J connectivity index is 1.34. The quantitative estimate of drug-likeness (QED) is 0.122. The monoisotopic (exact) mass is 490 g/mol. The second-order valence-corrected chi connectivity index (χ2v) is 8.55. The third-order valence-electron chi connectivity index (χ3n) is 5.71. The van der Waals surface area contributed by atoms with Crippen LogP contribution >= 0.6 is 0 Å². The van der Waals surface area contributed by atoms with E-state index in [-0.39, 0.29) is 17.1 Å². The number of hydrogen-bond donors (Lipinski definition) is 0. The summed E-state index contributed by atoms with van der Waals surface area (Å²) in [7, 11) is 0. The Morgan fingerprint density at radius 1 is 0.622 bits per heavy atom. The van der Waals surface area contributed by atoms with E-state index in [1.807, 2.05) is 66.8 Å². The van der Waals surface area contributed by atoms with Crippen molar-refractivity contribution in [3.63, 3.8) is 0 Å². The second-order valence-electron chi connectivity index (χ2n) is 8.55. The molecule has 0 atom stereocenters. The summed E-state index contributed by atoms with van der Waals surface area (Å²) in [4.78, 5) is 24.6. The van der Waals surface area contributed by atoms with Gasteiger partial charge < -0.3 is 4.74 Å². The van der Waals surface area contributed by atoms with Crippen molar-refractivity contribution in [3.8, 4) is 5.75 Å². The molecule has 0 radical (unpaired) electrons. The Labute approximate surface area is 220 Å². The molecule has 0 amide bonds. The highest BCUT2D eigenvalue weighted by molar-refractivity contribution is 6.39.